The number of aromatic carboxylic acids is 1. The van der Waals surface area contributed by atoms with Crippen LogP contribution >= 0.6 is 0 Å². The molecule has 2 atom stereocenters. The number of carboxylic acids is 1. The fourth-order valence-corrected chi connectivity index (χ4v) is 2.80. The summed E-state index contributed by atoms with van der Waals surface area (Å²) in [6.45, 7) is 4.04. The molecule has 0 heterocycles. The van der Waals surface area contributed by atoms with Crippen LogP contribution < -0.4 is 10.6 Å². The van der Waals surface area contributed by atoms with Crippen molar-refractivity contribution in [3.05, 3.63) is 29.3 Å². The smallest absolute Gasteiger partial charge is 0.335 e. The Balaban J connectivity index is 1.99. The summed E-state index contributed by atoms with van der Waals surface area (Å²) in [4.78, 5) is 23.0. The second-order valence-corrected chi connectivity index (χ2v) is 5.90. The summed E-state index contributed by atoms with van der Waals surface area (Å²) in [5.41, 5.74) is 1.55. The SMILES string of the molecule is Cc1ccc(C(=O)O)cc1NC(=O)NC1CCCC(C)C1. The minimum absolute atomic E-state index is 0.169. The molecule has 21 heavy (non-hydrogen) atoms. The van der Waals surface area contributed by atoms with Gasteiger partial charge in [-0.25, -0.2) is 9.59 Å². The van der Waals surface area contributed by atoms with Crippen LogP contribution in [0.2, 0.25) is 0 Å². The maximum absolute atomic E-state index is 12.1. The first kappa shape index (κ1) is 15.4. The van der Waals surface area contributed by atoms with Crippen molar-refractivity contribution in [1.82, 2.24) is 5.32 Å². The van der Waals surface area contributed by atoms with Gasteiger partial charge in [-0.05, 0) is 43.4 Å². The van der Waals surface area contributed by atoms with Gasteiger partial charge in [0.2, 0.25) is 0 Å². The Morgan fingerprint density at radius 1 is 1.29 bits per heavy atom. The van der Waals surface area contributed by atoms with Gasteiger partial charge < -0.3 is 15.7 Å². The Morgan fingerprint density at radius 3 is 2.71 bits per heavy atom. The highest BCUT2D eigenvalue weighted by Crippen LogP contribution is 2.23. The molecule has 1 fully saturated rings. The highest BCUT2D eigenvalue weighted by molar-refractivity contribution is 5.94. The number of benzene rings is 1. The fourth-order valence-electron chi connectivity index (χ4n) is 2.80. The van der Waals surface area contributed by atoms with Crippen LogP contribution in [0, 0.1) is 12.8 Å². The zero-order valence-corrected chi connectivity index (χ0v) is 12.5. The van der Waals surface area contributed by atoms with E-state index in [4.69, 9.17) is 5.11 Å². The molecule has 2 rings (SSSR count). The minimum Gasteiger partial charge on any atom is -0.478 e. The van der Waals surface area contributed by atoms with Gasteiger partial charge in [-0.15, -0.1) is 0 Å². The number of carbonyl (C=O) groups is 2. The average Bonchev–Trinajstić information content (AvgIpc) is 2.41. The van der Waals surface area contributed by atoms with E-state index in [9.17, 15) is 9.59 Å². The third-order valence-electron chi connectivity index (χ3n) is 4.00. The molecule has 3 N–H and O–H groups in total. The number of anilines is 1. The van der Waals surface area contributed by atoms with Crippen molar-refractivity contribution in [3.63, 3.8) is 0 Å². The summed E-state index contributed by atoms with van der Waals surface area (Å²) < 4.78 is 0. The molecule has 5 nitrogen and oxygen atoms in total. The first-order valence-corrected chi connectivity index (χ1v) is 7.37. The molecule has 1 aromatic rings. The lowest BCUT2D eigenvalue weighted by molar-refractivity contribution is 0.0697. The molecule has 2 amide bonds. The third kappa shape index (κ3) is 4.21. The number of nitrogens with one attached hydrogen (secondary N) is 2. The quantitative estimate of drug-likeness (QED) is 0.798. The molecule has 0 saturated heterocycles. The van der Waals surface area contributed by atoms with Gasteiger partial charge in [-0.2, -0.15) is 0 Å². The minimum atomic E-state index is -1.00. The maximum Gasteiger partial charge on any atom is 0.335 e. The van der Waals surface area contributed by atoms with E-state index in [0.29, 0.717) is 11.6 Å². The Hall–Kier alpha value is -2.04. The van der Waals surface area contributed by atoms with Gasteiger partial charge in [0.05, 0.1) is 5.56 Å². The number of carboxylic acid groups (broad SMARTS) is 1. The van der Waals surface area contributed by atoms with Crippen LogP contribution in [0.1, 0.15) is 48.5 Å². The van der Waals surface area contributed by atoms with E-state index < -0.39 is 5.97 Å². The van der Waals surface area contributed by atoms with Crippen LogP contribution in [0.5, 0.6) is 0 Å². The summed E-state index contributed by atoms with van der Waals surface area (Å²) in [6.07, 6.45) is 4.37. The lowest BCUT2D eigenvalue weighted by atomic mass is 9.87. The highest BCUT2D eigenvalue weighted by Gasteiger charge is 2.20. The fraction of sp³-hybridized carbons (Fsp3) is 0.500. The van der Waals surface area contributed by atoms with Crippen LogP contribution in [-0.4, -0.2) is 23.1 Å². The van der Waals surface area contributed by atoms with Gasteiger partial charge in [0.25, 0.3) is 0 Å². The van der Waals surface area contributed by atoms with E-state index >= 15 is 0 Å². The monoisotopic (exact) mass is 290 g/mol. The Labute approximate surface area is 124 Å². The molecule has 2 unspecified atom stereocenters. The third-order valence-corrected chi connectivity index (χ3v) is 4.00. The van der Waals surface area contributed by atoms with Crippen molar-refractivity contribution in [2.45, 2.75) is 45.6 Å². The predicted octanol–water partition coefficient (Wildman–Crippen LogP) is 3.39. The zero-order chi connectivity index (χ0) is 15.4. The summed E-state index contributed by atoms with van der Waals surface area (Å²) in [5.74, 6) is -0.360. The van der Waals surface area contributed by atoms with Gasteiger partial charge >= 0.3 is 12.0 Å². The van der Waals surface area contributed by atoms with Crippen molar-refractivity contribution < 1.29 is 14.7 Å². The van der Waals surface area contributed by atoms with Crippen molar-refractivity contribution in [1.29, 1.82) is 0 Å². The van der Waals surface area contributed by atoms with Gasteiger partial charge in [-0.3, -0.25) is 0 Å². The van der Waals surface area contributed by atoms with Gasteiger partial charge in [0.1, 0.15) is 0 Å². The first-order chi connectivity index (χ1) is 9.95. The molecule has 0 spiro atoms. The maximum atomic E-state index is 12.1. The van der Waals surface area contributed by atoms with E-state index in [1.54, 1.807) is 6.07 Å². The van der Waals surface area contributed by atoms with Gasteiger partial charge in [0, 0.05) is 11.7 Å². The molecule has 0 aromatic heterocycles. The van der Waals surface area contributed by atoms with Crippen LogP contribution in [0.4, 0.5) is 10.5 Å². The number of hydrogen-bond donors (Lipinski definition) is 3. The Morgan fingerprint density at radius 2 is 2.05 bits per heavy atom. The molecule has 0 aliphatic heterocycles. The van der Waals surface area contributed by atoms with Gasteiger partial charge in [-0.1, -0.05) is 25.8 Å². The number of rotatable bonds is 3. The summed E-state index contributed by atoms with van der Waals surface area (Å²) in [5, 5.41) is 14.7. The van der Waals surface area contributed by atoms with Crippen LogP contribution in [0.15, 0.2) is 18.2 Å². The summed E-state index contributed by atoms with van der Waals surface area (Å²) in [7, 11) is 0. The standard InChI is InChI=1S/C16H22N2O3/c1-10-4-3-5-13(8-10)17-16(21)18-14-9-12(15(19)20)7-6-11(14)2/h6-7,9-10,13H,3-5,8H2,1-2H3,(H,19,20)(H2,17,18,21). The molecule has 1 aliphatic carbocycles. The molecule has 1 saturated carbocycles. The molecule has 5 heteroatoms. The molecule has 1 aliphatic rings. The van der Waals surface area contributed by atoms with Crippen LogP contribution in [0.25, 0.3) is 0 Å². The van der Waals surface area contributed by atoms with Crippen molar-refractivity contribution in [2.24, 2.45) is 5.92 Å². The topological polar surface area (TPSA) is 78.4 Å². The highest BCUT2D eigenvalue weighted by atomic mass is 16.4. The largest absolute Gasteiger partial charge is 0.478 e. The number of hydrogen-bond acceptors (Lipinski definition) is 2. The predicted molar refractivity (Wildman–Crippen MR) is 81.7 cm³/mol. The van der Waals surface area contributed by atoms with E-state index in [-0.39, 0.29) is 17.6 Å². The van der Waals surface area contributed by atoms with Crippen molar-refractivity contribution >= 4 is 17.7 Å². The normalized spacial score (nSPS) is 21.6. The Bertz CT molecular complexity index is 542. The number of amides is 2. The van der Waals surface area contributed by atoms with Crippen molar-refractivity contribution in [2.75, 3.05) is 5.32 Å². The lowest BCUT2D eigenvalue weighted by Gasteiger charge is -2.27. The summed E-state index contributed by atoms with van der Waals surface area (Å²) >= 11 is 0. The van der Waals surface area contributed by atoms with Gasteiger partial charge in [0.15, 0.2) is 0 Å². The second-order valence-electron chi connectivity index (χ2n) is 5.90. The van der Waals surface area contributed by atoms with Crippen LogP contribution in [-0.2, 0) is 0 Å². The van der Waals surface area contributed by atoms with E-state index in [1.165, 1.54) is 18.6 Å². The molecule has 114 valence electrons. The average molecular weight is 290 g/mol. The van der Waals surface area contributed by atoms with E-state index in [1.807, 2.05) is 6.92 Å². The molecule has 0 bridgehead atoms. The van der Waals surface area contributed by atoms with E-state index in [0.717, 1.165) is 24.8 Å². The molecule has 1 aromatic carbocycles. The van der Waals surface area contributed by atoms with Crippen LogP contribution in [0.3, 0.4) is 0 Å². The second kappa shape index (κ2) is 6.61. The van der Waals surface area contributed by atoms with Crippen molar-refractivity contribution in [3.8, 4) is 0 Å². The number of aryl methyl sites for hydroxylation is 1. The molecular weight excluding hydrogens is 268 g/mol. The zero-order valence-electron chi connectivity index (χ0n) is 12.5. The first-order valence-electron chi connectivity index (χ1n) is 7.37. The Kier molecular flexibility index (Phi) is 4.83. The number of carbonyl (C=O) groups excluding carboxylic acids is 1. The lowest BCUT2D eigenvalue weighted by Crippen LogP contribution is -2.40. The number of urea groups is 1. The molecule has 0 radical (unpaired) electrons. The molecular formula is C16H22N2O3. The van der Waals surface area contributed by atoms with E-state index in [2.05, 4.69) is 17.6 Å². The summed E-state index contributed by atoms with van der Waals surface area (Å²) in [6, 6.07) is 4.66.